The van der Waals surface area contributed by atoms with Crippen LogP contribution in [0.25, 0.3) is 0 Å². The Bertz CT molecular complexity index is 942. The Balaban J connectivity index is 0.000000730. The minimum atomic E-state index is -0.473. The van der Waals surface area contributed by atoms with Gasteiger partial charge < -0.3 is 29.8 Å². The summed E-state index contributed by atoms with van der Waals surface area (Å²) >= 11 is 0. The minimum absolute atomic E-state index is 0.158. The zero-order chi connectivity index (χ0) is 22.0. The highest BCUT2D eigenvalue weighted by Gasteiger charge is 2.63. The largest absolute Gasteiger partial charge is 0.483 e. The molecule has 10 nitrogen and oxygen atoms in total. The van der Waals surface area contributed by atoms with Gasteiger partial charge in [-0.15, -0.1) is 0 Å². The van der Waals surface area contributed by atoms with Crippen molar-refractivity contribution in [1.82, 2.24) is 15.3 Å². The summed E-state index contributed by atoms with van der Waals surface area (Å²) in [5.41, 5.74) is -0.234. The molecule has 5 rings (SSSR count). The number of rotatable bonds is 5. The SMILES string of the molecule is CNc1nc(N2C[C@@H]3[C@H](CNC(=O)c4ccco4)[C@H]4CC[C@]3(C2)O4)ncc1F.O=CO. The lowest BCUT2D eigenvalue weighted by molar-refractivity contribution is -0.122. The molecule has 166 valence electrons. The van der Waals surface area contributed by atoms with E-state index in [1.165, 1.54) is 12.5 Å². The monoisotopic (exact) mass is 433 g/mol. The first-order valence-corrected chi connectivity index (χ1v) is 10.0. The topological polar surface area (TPSA) is 130 Å². The third-order valence-corrected chi connectivity index (χ3v) is 6.28. The average Bonchev–Trinajstić information content (AvgIpc) is 3.54. The molecular weight excluding hydrogens is 409 g/mol. The Labute approximate surface area is 177 Å². The van der Waals surface area contributed by atoms with Gasteiger partial charge >= 0.3 is 0 Å². The molecule has 1 spiro atoms. The molecule has 3 saturated heterocycles. The molecule has 11 heteroatoms. The lowest BCUT2D eigenvalue weighted by Crippen LogP contribution is -2.41. The van der Waals surface area contributed by atoms with E-state index in [9.17, 15) is 9.18 Å². The van der Waals surface area contributed by atoms with Crippen molar-refractivity contribution >= 4 is 24.1 Å². The van der Waals surface area contributed by atoms with Crippen LogP contribution in [-0.2, 0) is 9.53 Å². The van der Waals surface area contributed by atoms with Gasteiger partial charge in [-0.05, 0) is 25.0 Å². The van der Waals surface area contributed by atoms with Crippen LogP contribution in [0.4, 0.5) is 16.2 Å². The smallest absolute Gasteiger partial charge is 0.290 e. The van der Waals surface area contributed by atoms with E-state index in [-0.39, 0.29) is 41.7 Å². The molecule has 5 heterocycles. The number of carbonyl (C=O) groups is 2. The minimum Gasteiger partial charge on any atom is -0.483 e. The van der Waals surface area contributed by atoms with E-state index in [2.05, 4.69) is 25.5 Å². The standard InChI is InChI=1S/C19H22FN5O3.CH2O2/c1-21-16-13(20)8-23-18(24-16)25-9-12-11(14-4-5-19(12,10-25)28-14)7-22-17(26)15-3-2-6-27-15;2-1-3/h2-3,6,8,11-12,14H,4-5,7,9-10H2,1H3,(H,22,26)(H,21,23,24);1H,(H,2,3)/t11-,12+,14+,19+;/m0./s1. The van der Waals surface area contributed by atoms with Crippen molar-refractivity contribution in [2.75, 3.05) is 36.9 Å². The van der Waals surface area contributed by atoms with Gasteiger partial charge in [0.15, 0.2) is 17.4 Å². The van der Waals surface area contributed by atoms with Gasteiger partial charge in [-0.2, -0.15) is 4.98 Å². The summed E-state index contributed by atoms with van der Waals surface area (Å²) in [7, 11) is 1.63. The van der Waals surface area contributed by atoms with Crippen molar-refractivity contribution in [1.29, 1.82) is 0 Å². The van der Waals surface area contributed by atoms with E-state index in [0.717, 1.165) is 19.4 Å². The highest BCUT2D eigenvalue weighted by Crippen LogP contribution is 2.55. The van der Waals surface area contributed by atoms with Crippen LogP contribution < -0.4 is 15.5 Å². The number of aromatic nitrogens is 2. The fourth-order valence-corrected chi connectivity index (χ4v) is 5.01. The van der Waals surface area contributed by atoms with Gasteiger partial charge in [0, 0.05) is 32.0 Å². The van der Waals surface area contributed by atoms with Crippen LogP contribution in [0.5, 0.6) is 0 Å². The van der Waals surface area contributed by atoms with E-state index in [0.29, 0.717) is 24.8 Å². The zero-order valence-corrected chi connectivity index (χ0v) is 17.0. The summed E-state index contributed by atoms with van der Waals surface area (Å²) < 4.78 is 25.3. The summed E-state index contributed by atoms with van der Waals surface area (Å²) in [4.78, 5) is 31.1. The fourth-order valence-electron chi connectivity index (χ4n) is 5.01. The Morgan fingerprint density at radius 2 is 2.32 bits per heavy atom. The van der Waals surface area contributed by atoms with Crippen molar-refractivity contribution in [3.05, 3.63) is 36.2 Å². The molecule has 3 N–H and O–H groups in total. The molecule has 0 unspecified atom stereocenters. The lowest BCUT2D eigenvalue weighted by atomic mass is 9.73. The number of nitrogens with zero attached hydrogens (tertiary/aromatic N) is 3. The molecule has 0 aromatic carbocycles. The number of furan rings is 1. The quantitative estimate of drug-likeness (QED) is 0.599. The maximum absolute atomic E-state index is 13.7. The van der Waals surface area contributed by atoms with E-state index in [4.69, 9.17) is 19.1 Å². The van der Waals surface area contributed by atoms with Gasteiger partial charge in [0.05, 0.1) is 30.7 Å². The van der Waals surface area contributed by atoms with Crippen LogP contribution in [-0.4, -0.2) is 65.8 Å². The van der Waals surface area contributed by atoms with Crippen LogP contribution in [0.2, 0.25) is 0 Å². The van der Waals surface area contributed by atoms with Crippen molar-refractivity contribution < 1.29 is 28.2 Å². The van der Waals surface area contributed by atoms with Crippen molar-refractivity contribution in [3.8, 4) is 0 Å². The number of fused-ring (bicyclic) bond motifs is 1. The van der Waals surface area contributed by atoms with Crippen LogP contribution in [0, 0.1) is 17.7 Å². The van der Waals surface area contributed by atoms with Crippen LogP contribution >= 0.6 is 0 Å². The molecule has 0 radical (unpaired) electrons. The molecular formula is C20H24FN5O5. The number of anilines is 2. The summed E-state index contributed by atoms with van der Waals surface area (Å²) in [5.74, 6) is 0.812. The second-order valence-electron chi connectivity index (χ2n) is 7.82. The fraction of sp³-hybridized carbons (Fsp3) is 0.500. The van der Waals surface area contributed by atoms with Crippen LogP contribution in [0.1, 0.15) is 23.4 Å². The third kappa shape index (κ3) is 3.80. The molecule has 2 aromatic rings. The molecule has 3 aliphatic heterocycles. The summed E-state index contributed by atoms with van der Waals surface area (Å²) in [6.07, 6.45) is 4.81. The van der Waals surface area contributed by atoms with Crippen LogP contribution in [0.3, 0.4) is 0 Å². The van der Waals surface area contributed by atoms with E-state index < -0.39 is 5.82 Å². The van der Waals surface area contributed by atoms with Gasteiger partial charge in [-0.1, -0.05) is 0 Å². The molecule has 2 aromatic heterocycles. The first-order chi connectivity index (χ1) is 15.0. The second kappa shape index (κ2) is 8.50. The Morgan fingerprint density at radius 1 is 1.52 bits per heavy atom. The Hall–Kier alpha value is -3.21. The number of carbonyl (C=O) groups excluding carboxylic acids is 1. The number of halogens is 1. The van der Waals surface area contributed by atoms with Gasteiger partial charge in [-0.25, -0.2) is 9.37 Å². The maximum atomic E-state index is 13.7. The maximum Gasteiger partial charge on any atom is 0.290 e. The molecule has 3 fully saturated rings. The Morgan fingerprint density at radius 3 is 3.03 bits per heavy atom. The molecule has 0 saturated carbocycles. The Kier molecular flexibility index (Phi) is 5.77. The number of nitrogens with one attached hydrogen (secondary N) is 2. The van der Waals surface area contributed by atoms with Gasteiger partial charge in [0.2, 0.25) is 5.95 Å². The number of amides is 1. The molecule has 3 aliphatic rings. The van der Waals surface area contributed by atoms with Crippen molar-refractivity contribution in [2.24, 2.45) is 11.8 Å². The van der Waals surface area contributed by atoms with Crippen molar-refractivity contribution in [2.45, 2.75) is 24.5 Å². The predicted molar refractivity (Wildman–Crippen MR) is 107 cm³/mol. The number of ether oxygens (including phenoxy) is 1. The predicted octanol–water partition coefficient (Wildman–Crippen LogP) is 1.36. The van der Waals surface area contributed by atoms with Gasteiger partial charge in [-0.3, -0.25) is 9.59 Å². The molecule has 4 atom stereocenters. The van der Waals surface area contributed by atoms with Crippen molar-refractivity contribution in [3.63, 3.8) is 0 Å². The average molecular weight is 433 g/mol. The van der Waals surface area contributed by atoms with Crippen LogP contribution in [0.15, 0.2) is 29.0 Å². The van der Waals surface area contributed by atoms with Gasteiger partial charge in [0.1, 0.15) is 0 Å². The number of carboxylic acid groups (broad SMARTS) is 1. The first-order valence-electron chi connectivity index (χ1n) is 10.0. The number of hydrogen-bond donors (Lipinski definition) is 3. The van der Waals surface area contributed by atoms with E-state index in [1.807, 2.05) is 0 Å². The summed E-state index contributed by atoms with van der Waals surface area (Å²) in [5, 5.41) is 12.6. The molecule has 2 bridgehead atoms. The summed E-state index contributed by atoms with van der Waals surface area (Å²) in [6.45, 7) is 1.70. The number of hydrogen-bond acceptors (Lipinski definition) is 8. The van der Waals surface area contributed by atoms with E-state index in [1.54, 1.807) is 19.2 Å². The second-order valence-corrected chi connectivity index (χ2v) is 7.82. The first kappa shape index (κ1) is 21.0. The lowest BCUT2D eigenvalue weighted by Gasteiger charge is -2.29. The summed E-state index contributed by atoms with van der Waals surface area (Å²) in [6, 6.07) is 3.35. The normalized spacial score (nSPS) is 27.9. The zero-order valence-electron chi connectivity index (χ0n) is 17.0. The highest BCUT2D eigenvalue weighted by molar-refractivity contribution is 5.91. The third-order valence-electron chi connectivity index (χ3n) is 6.28. The molecule has 31 heavy (non-hydrogen) atoms. The van der Waals surface area contributed by atoms with E-state index >= 15 is 0 Å². The molecule has 1 amide bonds. The highest BCUT2D eigenvalue weighted by atomic mass is 19.1. The molecule has 0 aliphatic carbocycles. The van der Waals surface area contributed by atoms with Gasteiger partial charge in [0.25, 0.3) is 12.4 Å².